The molecular weight excluding hydrogens is 232 g/mol. The fourth-order valence-electron chi connectivity index (χ4n) is 1.51. The summed E-state index contributed by atoms with van der Waals surface area (Å²) in [4.78, 5) is 11.5. The fraction of sp³-hybridized carbons (Fsp3) is 0.357. The Hall–Kier alpha value is -1.97. The zero-order chi connectivity index (χ0) is 13.5. The molecule has 0 aliphatic carbocycles. The number of carbonyl (C=O) groups is 1. The zero-order valence-electron chi connectivity index (χ0n) is 10.6. The topological polar surface area (TPSA) is 66.8 Å². The van der Waals surface area contributed by atoms with E-state index < -0.39 is 0 Å². The maximum absolute atomic E-state index is 11.5. The number of ether oxygens (including phenoxy) is 1. The highest BCUT2D eigenvalue weighted by molar-refractivity contribution is 5.90. The Kier molecular flexibility index (Phi) is 5.24. The number of ketones is 1. The molecule has 0 aromatic heterocycles. The average Bonchev–Trinajstić information content (AvgIpc) is 2.37. The zero-order valence-corrected chi connectivity index (χ0v) is 10.6. The predicted molar refractivity (Wildman–Crippen MR) is 69.0 cm³/mol. The van der Waals surface area contributed by atoms with Gasteiger partial charge in [-0.15, -0.1) is 0 Å². The van der Waals surface area contributed by atoms with Crippen LogP contribution in [0.1, 0.15) is 25.3 Å². The van der Waals surface area contributed by atoms with E-state index in [1.807, 2.05) is 0 Å². The first-order chi connectivity index (χ1) is 8.56. The van der Waals surface area contributed by atoms with Gasteiger partial charge in [0.05, 0.1) is 12.9 Å². The van der Waals surface area contributed by atoms with Gasteiger partial charge in [-0.2, -0.15) is 0 Å². The lowest BCUT2D eigenvalue weighted by atomic mass is 10.1. The molecule has 18 heavy (non-hydrogen) atoms. The number of methoxy groups -OCH3 is 1. The molecule has 0 atom stereocenters. The van der Waals surface area contributed by atoms with Crippen LogP contribution in [0.25, 0.3) is 0 Å². The van der Waals surface area contributed by atoms with Crippen LogP contribution in [0.2, 0.25) is 0 Å². The van der Waals surface area contributed by atoms with E-state index in [0.29, 0.717) is 25.0 Å². The summed E-state index contributed by atoms with van der Waals surface area (Å²) in [5.74, 6) is 0.465. The molecule has 0 amide bonds. The van der Waals surface area contributed by atoms with Crippen molar-refractivity contribution in [2.24, 2.45) is 0 Å². The van der Waals surface area contributed by atoms with Gasteiger partial charge in [-0.05, 0) is 24.1 Å². The first-order valence-corrected chi connectivity index (χ1v) is 5.85. The molecule has 2 N–H and O–H groups in total. The lowest BCUT2D eigenvalue weighted by molar-refractivity contribution is -0.114. The van der Waals surface area contributed by atoms with Crippen LogP contribution >= 0.6 is 0 Å². The van der Waals surface area contributed by atoms with Crippen molar-refractivity contribution in [3.05, 3.63) is 35.6 Å². The SMILES string of the molecule is CC/C(O)=C/C(=O)CCc1ccc(O)c(OC)c1. The molecule has 0 fully saturated rings. The summed E-state index contributed by atoms with van der Waals surface area (Å²) in [5.41, 5.74) is 0.905. The Morgan fingerprint density at radius 1 is 1.44 bits per heavy atom. The van der Waals surface area contributed by atoms with E-state index in [4.69, 9.17) is 4.74 Å². The summed E-state index contributed by atoms with van der Waals surface area (Å²) >= 11 is 0. The number of aliphatic hydroxyl groups excluding tert-OH is 1. The molecule has 0 aliphatic rings. The summed E-state index contributed by atoms with van der Waals surface area (Å²) < 4.78 is 4.99. The molecule has 0 spiro atoms. The highest BCUT2D eigenvalue weighted by atomic mass is 16.5. The maximum Gasteiger partial charge on any atom is 0.160 e. The molecule has 1 rings (SSSR count). The van der Waals surface area contributed by atoms with Crippen molar-refractivity contribution < 1.29 is 19.7 Å². The van der Waals surface area contributed by atoms with Gasteiger partial charge >= 0.3 is 0 Å². The van der Waals surface area contributed by atoms with E-state index in [0.717, 1.165) is 5.56 Å². The van der Waals surface area contributed by atoms with Gasteiger partial charge in [0.1, 0.15) is 0 Å². The summed E-state index contributed by atoms with van der Waals surface area (Å²) in [6, 6.07) is 4.98. The van der Waals surface area contributed by atoms with E-state index in [1.54, 1.807) is 19.1 Å². The quantitative estimate of drug-likeness (QED) is 0.601. The van der Waals surface area contributed by atoms with Gasteiger partial charge in [0.2, 0.25) is 0 Å². The normalized spacial score (nSPS) is 11.3. The second kappa shape index (κ2) is 6.69. The molecule has 0 saturated heterocycles. The number of rotatable bonds is 6. The Morgan fingerprint density at radius 3 is 2.78 bits per heavy atom. The minimum absolute atomic E-state index is 0.0797. The third kappa shape index (κ3) is 4.13. The van der Waals surface area contributed by atoms with Crippen molar-refractivity contribution >= 4 is 5.78 Å². The smallest absolute Gasteiger partial charge is 0.160 e. The Morgan fingerprint density at radius 2 is 2.17 bits per heavy atom. The number of carbonyl (C=O) groups excluding carboxylic acids is 1. The summed E-state index contributed by atoms with van der Waals surface area (Å²) in [6.07, 6.45) is 2.58. The van der Waals surface area contributed by atoms with Gasteiger partial charge in [-0.3, -0.25) is 4.79 Å². The molecule has 1 aromatic rings. The molecule has 4 heteroatoms. The second-order valence-corrected chi connectivity index (χ2v) is 3.96. The van der Waals surface area contributed by atoms with Crippen molar-refractivity contribution in [3.63, 3.8) is 0 Å². The van der Waals surface area contributed by atoms with Crippen LogP contribution in [0.3, 0.4) is 0 Å². The third-order valence-corrected chi connectivity index (χ3v) is 2.59. The number of hydrogen-bond acceptors (Lipinski definition) is 4. The standard InChI is InChI=1S/C14H18O4/c1-3-11(15)9-12(16)6-4-10-5-7-13(17)14(8-10)18-2/h5,7-9,15,17H,3-4,6H2,1-2H3/b11-9-. The van der Waals surface area contributed by atoms with Crippen molar-refractivity contribution in [1.82, 2.24) is 0 Å². The highest BCUT2D eigenvalue weighted by Crippen LogP contribution is 2.26. The minimum Gasteiger partial charge on any atom is -0.512 e. The maximum atomic E-state index is 11.5. The molecule has 0 saturated carbocycles. The van der Waals surface area contributed by atoms with Crippen molar-refractivity contribution in [3.8, 4) is 11.5 Å². The van der Waals surface area contributed by atoms with E-state index in [1.165, 1.54) is 19.3 Å². The van der Waals surface area contributed by atoms with Crippen LogP contribution in [0, 0.1) is 0 Å². The monoisotopic (exact) mass is 250 g/mol. The fourth-order valence-corrected chi connectivity index (χ4v) is 1.51. The van der Waals surface area contributed by atoms with Gasteiger partial charge < -0.3 is 14.9 Å². The predicted octanol–water partition coefficient (Wildman–Crippen LogP) is 2.75. The van der Waals surface area contributed by atoms with Gasteiger partial charge in [-0.25, -0.2) is 0 Å². The van der Waals surface area contributed by atoms with Crippen LogP contribution in [0.5, 0.6) is 11.5 Å². The van der Waals surface area contributed by atoms with Gasteiger partial charge in [0, 0.05) is 18.9 Å². The molecule has 0 aliphatic heterocycles. The molecule has 0 radical (unpaired) electrons. The molecular formula is C14H18O4. The summed E-state index contributed by atoms with van der Waals surface area (Å²) in [5, 5.41) is 18.7. The first-order valence-electron chi connectivity index (χ1n) is 5.85. The number of aliphatic hydroxyl groups is 1. The van der Waals surface area contributed by atoms with E-state index >= 15 is 0 Å². The first kappa shape index (κ1) is 14.1. The number of phenols is 1. The molecule has 0 unspecified atom stereocenters. The van der Waals surface area contributed by atoms with Crippen LogP contribution in [0.4, 0.5) is 0 Å². The minimum atomic E-state index is -0.110. The molecule has 1 aromatic carbocycles. The highest BCUT2D eigenvalue weighted by Gasteiger charge is 2.05. The third-order valence-electron chi connectivity index (χ3n) is 2.59. The second-order valence-electron chi connectivity index (χ2n) is 3.96. The van der Waals surface area contributed by atoms with E-state index in [2.05, 4.69) is 0 Å². The van der Waals surface area contributed by atoms with Crippen LogP contribution in [-0.4, -0.2) is 23.1 Å². The molecule has 98 valence electrons. The van der Waals surface area contributed by atoms with Gasteiger partial charge in [-0.1, -0.05) is 13.0 Å². The lowest BCUT2D eigenvalue weighted by Crippen LogP contribution is -1.98. The summed E-state index contributed by atoms with van der Waals surface area (Å²) in [7, 11) is 1.48. The number of allylic oxidation sites excluding steroid dienone is 2. The van der Waals surface area contributed by atoms with Crippen molar-refractivity contribution in [1.29, 1.82) is 0 Å². The number of aryl methyl sites for hydroxylation is 1. The largest absolute Gasteiger partial charge is 0.512 e. The van der Waals surface area contributed by atoms with Gasteiger partial charge in [0.25, 0.3) is 0 Å². The van der Waals surface area contributed by atoms with Crippen LogP contribution in [-0.2, 0) is 11.2 Å². The Labute approximate surface area is 107 Å². The number of phenolic OH excluding ortho intramolecular Hbond substituents is 1. The average molecular weight is 250 g/mol. The molecule has 4 nitrogen and oxygen atoms in total. The van der Waals surface area contributed by atoms with Crippen molar-refractivity contribution in [2.75, 3.05) is 7.11 Å². The molecule has 0 heterocycles. The molecule has 0 bridgehead atoms. The Bertz CT molecular complexity index is 449. The number of hydrogen-bond donors (Lipinski definition) is 2. The lowest BCUT2D eigenvalue weighted by Gasteiger charge is -2.05. The summed E-state index contributed by atoms with van der Waals surface area (Å²) in [6.45, 7) is 1.78. The van der Waals surface area contributed by atoms with Crippen molar-refractivity contribution in [2.45, 2.75) is 26.2 Å². The van der Waals surface area contributed by atoms with Crippen LogP contribution < -0.4 is 4.74 Å². The number of benzene rings is 1. The Balaban J connectivity index is 2.61. The van der Waals surface area contributed by atoms with E-state index in [9.17, 15) is 15.0 Å². The van der Waals surface area contributed by atoms with E-state index in [-0.39, 0.29) is 17.3 Å². The van der Waals surface area contributed by atoms with Crippen LogP contribution in [0.15, 0.2) is 30.0 Å². The van der Waals surface area contributed by atoms with Gasteiger partial charge in [0.15, 0.2) is 17.3 Å². The number of aromatic hydroxyl groups is 1.